The standard InChI is InChI=1S/C13H14FNO2S/c1-8-13(15-12(18-8)5-6-16)10-7-9(14)3-4-11(10)17-2/h3-4,7,16H,5-6H2,1-2H3. The number of thiazole rings is 1. The highest BCUT2D eigenvalue weighted by Gasteiger charge is 2.14. The second-order valence-electron chi connectivity index (χ2n) is 3.83. The van der Waals surface area contributed by atoms with E-state index in [0.29, 0.717) is 17.7 Å². The van der Waals surface area contributed by atoms with Crippen molar-refractivity contribution in [1.29, 1.82) is 0 Å². The Labute approximate surface area is 109 Å². The van der Waals surface area contributed by atoms with Gasteiger partial charge in [-0.25, -0.2) is 9.37 Å². The van der Waals surface area contributed by atoms with Crippen LogP contribution in [0.15, 0.2) is 18.2 Å². The fraction of sp³-hybridized carbons (Fsp3) is 0.308. The van der Waals surface area contributed by atoms with Gasteiger partial charge in [-0.1, -0.05) is 0 Å². The lowest BCUT2D eigenvalue weighted by atomic mass is 10.1. The minimum absolute atomic E-state index is 0.0622. The topological polar surface area (TPSA) is 42.4 Å². The van der Waals surface area contributed by atoms with E-state index in [2.05, 4.69) is 4.98 Å². The molecule has 18 heavy (non-hydrogen) atoms. The number of ether oxygens (including phenoxy) is 1. The van der Waals surface area contributed by atoms with Crippen LogP contribution in [-0.4, -0.2) is 23.8 Å². The number of aliphatic hydroxyl groups is 1. The lowest BCUT2D eigenvalue weighted by Gasteiger charge is -2.07. The Hall–Kier alpha value is -1.46. The number of hydrogen-bond donors (Lipinski definition) is 1. The SMILES string of the molecule is COc1ccc(F)cc1-c1nc(CCO)sc1C. The molecule has 0 aliphatic rings. The van der Waals surface area contributed by atoms with Gasteiger partial charge in [0.1, 0.15) is 11.6 Å². The van der Waals surface area contributed by atoms with Crippen LogP contribution in [0.4, 0.5) is 4.39 Å². The van der Waals surface area contributed by atoms with Crippen molar-refractivity contribution in [2.45, 2.75) is 13.3 Å². The van der Waals surface area contributed by atoms with Crippen molar-refractivity contribution >= 4 is 11.3 Å². The molecule has 5 heteroatoms. The normalized spacial score (nSPS) is 10.7. The van der Waals surface area contributed by atoms with E-state index < -0.39 is 0 Å². The van der Waals surface area contributed by atoms with Crippen molar-refractivity contribution in [2.75, 3.05) is 13.7 Å². The summed E-state index contributed by atoms with van der Waals surface area (Å²) in [6, 6.07) is 4.37. The summed E-state index contributed by atoms with van der Waals surface area (Å²) in [6.07, 6.45) is 0.517. The zero-order valence-corrected chi connectivity index (χ0v) is 11.1. The minimum Gasteiger partial charge on any atom is -0.496 e. The summed E-state index contributed by atoms with van der Waals surface area (Å²) in [7, 11) is 1.55. The fourth-order valence-corrected chi connectivity index (χ4v) is 2.71. The molecule has 0 radical (unpaired) electrons. The average molecular weight is 267 g/mol. The number of rotatable bonds is 4. The van der Waals surface area contributed by atoms with Crippen molar-refractivity contribution in [3.63, 3.8) is 0 Å². The molecule has 1 N–H and O–H groups in total. The summed E-state index contributed by atoms with van der Waals surface area (Å²) in [5.41, 5.74) is 1.37. The van der Waals surface area contributed by atoms with E-state index in [-0.39, 0.29) is 12.4 Å². The lowest BCUT2D eigenvalue weighted by Crippen LogP contribution is -1.92. The van der Waals surface area contributed by atoms with E-state index in [9.17, 15) is 4.39 Å². The number of benzene rings is 1. The van der Waals surface area contributed by atoms with Gasteiger partial charge in [0.25, 0.3) is 0 Å². The maximum atomic E-state index is 13.3. The van der Waals surface area contributed by atoms with Crippen LogP contribution in [0.2, 0.25) is 0 Å². The molecule has 96 valence electrons. The largest absolute Gasteiger partial charge is 0.496 e. The summed E-state index contributed by atoms with van der Waals surface area (Å²) >= 11 is 1.51. The molecule has 0 aliphatic carbocycles. The summed E-state index contributed by atoms with van der Waals surface area (Å²) < 4.78 is 18.6. The van der Waals surface area contributed by atoms with Gasteiger partial charge in [-0.2, -0.15) is 0 Å². The van der Waals surface area contributed by atoms with Crippen LogP contribution < -0.4 is 4.74 Å². The Morgan fingerprint density at radius 3 is 2.89 bits per heavy atom. The maximum Gasteiger partial charge on any atom is 0.128 e. The van der Waals surface area contributed by atoms with Crippen molar-refractivity contribution in [2.24, 2.45) is 0 Å². The maximum absolute atomic E-state index is 13.3. The third-order valence-electron chi connectivity index (χ3n) is 2.58. The van der Waals surface area contributed by atoms with Crippen LogP contribution in [-0.2, 0) is 6.42 Å². The Bertz CT molecular complexity index is 554. The van der Waals surface area contributed by atoms with Crippen molar-refractivity contribution in [3.05, 3.63) is 33.9 Å². The molecule has 0 unspecified atom stereocenters. The molecule has 0 bridgehead atoms. The molecule has 0 amide bonds. The number of aromatic nitrogens is 1. The Morgan fingerprint density at radius 2 is 2.22 bits per heavy atom. The van der Waals surface area contributed by atoms with Crippen molar-refractivity contribution in [1.82, 2.24) is 4.98 Å². The van der Waals surface area contributed by atoms with E-state index >= 15 is 0 Å². The molecule has 0 spiro atoms. The molecule has 1 aromatic carbocycles. The van der Waals surface area contributed by atoms with Crippen molar-refractivity contribution < 1.29 is 14.2 Å². The Kier molecular flexibility index (Phi) is 3.93. The van der Waals surface area contributed by atoms with Gasteiger partial charge in [-0.3, -0.25) is 0 Å². The molecule has 2 aromatic rings. The van der Waals surface area contributed by atoms with Gasteiger partial charge in [-0.15, -0.1) is 11.3 Å². The number of halogens is 1. The van der Waals surface area contributed by atoms with Gasteiger partial charge >= 0.3 is 0 Å². The van der Waals surface area contributed by atoms with Gasteiger partial charge in [0, 0.05) is 23.5 Å². The van der Waals surface area contributed by atoms with Crippen LogP contribution in [0.5, 0.6) is 5.75 Å². The monoisotopic (exact) mass is 267 g/mol. The van der Waals surface area contributed by atoms with Crippen LogP contribution in [0.25, 0.3) is 11.3 Å². The first-order valence-electron chi connectivity index (χ1n) is 5.56. The van der Waals surface area contributed by atoms with E-state index in [1.165, 1.54) is 23.5 Å². The zero-order chi connectivity index (χ0) is 13.1. The summed E-state index contributed by atoms with van der Waals surface area (Å²) in [4.78, 5) is 5.42. The van der Waals surface area contributed by atoms with Crippen LogP contribution in [0.1, 0.15) is 9.88 Å². The fourth-order valence-electron chi connectivity index (χ4n) is 1.77. The van der Waals surface area contributed by atoms with E-state index in [4.69, 9.17) is 9.84 Å². The summed E-state index contributed by atoms with van der Waals surface area (Å²) in [5.74, 6) is 0.280. The van der Waals surface area contributed by atoms with Crippen LogP contribution in [0, 0.1) is 12.7 Å². The van der Waals surface area contributed by atoms with E-state index in [1.54, 1.807) is 13.2 Å². The van der Waals surface area contributed by atoms with Crippen LogP contribution >= 0.6 is 11.3 Å². The van der Waals surface area contributed by atoms with Gasteiger partial charge in [0.05, 0.1) is 17.8 Å². The summed E-state index contributed by atoms with van der Waals surface area (Å²) in [5, 5.41) is 9.76. The van der Waals surface area contributed by atoms with E-state index in [0.717, 1.165) is 15.6 Å². The average Bonchev–Trinajstić information content (AvgIpc) is 2.70. The van der Waals surface area contributed by atoms with Crippen molar-refractivity contribution in [3.8, 4) is 17.0 Å². The molecule has 2 rings (SSSR count). The quantitative estimate of drug-likeness (QED) is 0.926. The minimum atomic E-state index is -0.318. The predicted molar refractivity (Wildman–Crippen MR) is 69.6 cm³/mol. The first kappa shape index (κ1) is 13.0. The molecule has 1 heterocycles. The second-order valence-corrected chi connectivity index (χ2v) is 5.12. The number of nitrogens with zero attached hydrogens (tertiary/aromatic N) is 1. The number of aliphatic hydroxyl groups excluding tert-OH is 1. The Balaban J connectivity index is 2.50. The van der Waals surface area contributed by atoms with Gasteiger partial charge in [0.2, 0.25) is 0 Å². The molecule has 0 aliphatic heterocycles. The van der Waals surface area contributed by atoms with Gasteiger partial charge in [-0.05, 0) is 25.1 Å². The zero-order valence-electron chi connectivity index (χ0n) is 10.2. The molecule has 3 nitrogen and oxygen atoms in total. The molecular weight excluding hydrogens is 253 g/mol. The third kappa shape index (κ3) is 2.52. The molecule has 0 atom stereocenters. The second kappa shape index (κ2) is 5.46. The highest BCUT2D eigenvalue weighted by Crippen LogP contribution is 2.34. The molecule has 0 fully saturated rings. The number of hydrogen-bond acceptors (Lipinski definition) is 4. The number of methoxy groups -OCH3 is 1. The Morgan fingerprint density at radius 1 is 1.44 bits per heavy atom. The van der Waals surface area contributed by atoms with E-state index in [1.807, 2.05) is 6.92 Å². The third-order valence-corrected chi connectivity index (χ3v) is 3.61. The van der Waals surface area contributed by atoms with Gasteiger partial charge in [0.15, 0.2) is 0 Å². The highest BCUT2D eigenvalue weighted by atomic mass is 32.1. The number of aryl methyl sites for hydroxylation is 1. The first-order chi connectivity index (χ1) is 8.65. The molecular formula is C13H14FNO2S. The van der Waals surface area contributed by atoms with Crippen LogP contribution in [0.3, 0.4) is 0 Å². The molecule has 0 saturated heterocycles. The summed E-state index contributed by atoms with van der Waals surface area (Å²) in [6.45, 7) is 1.99. The lowest BCUT2D eigenvalue weighted by molar-refractivity contribution is 0.299. The predicted octanol–water partition coefficient (Wildman–Crippen LogP) is 2.80. The molecule has 1 aromatic heterocycles. The van der Waals surface area contributed by atoms with Gasteiger partial charge < -0.3 is 9.84 Å². The molecule has 0 saturated carbocycles. The highest BCUT2D eigenvalue weighted by molar-refractivity contribution is 7.12. The first-order valence-corrected chi connectivity index (χ1v) is 6.38. The smallest absolute Gasteiger partial charge is 0.128 e.